The maximum absolute atomic E-state index is 13.6. The number of carbonyl (C=O) groups is 4. The number of urea groups is 1. The molecule has 0 saturated carbocycles. The smallest absolute Gasteiger partial charge is 0.526 e. The molecular weight excluding hydrogens is 531 g/mol. The van der Waals surface area contributed by atoms with Crippen LogP contribution < -0.4 is 15.7 Å². The van der Waals surface area contributed by atoms with Crippen molar-refractivity contribution in [3.8, 4) is 17.2 Å². The zero-order chi connectivity index (χ0) is 28.4. The van der Waals surface area contributed by atoms with E-state index in [9.17, 15) is 34.4 Å². The number of hydrogen-bond acceptors (Lipinski definition) is 9. The van der Waals surface area contributed by atoms with Gasteiger partial charge in [0.2, 0.25) is 0 Å². The molecule has 14 heteroatoms. The number of aryl methyl sites for hydroxylation is 1. The minimum atomic E-state index is -1.49. The number of para-hydroxylation sites is 1. The van der Waals surface area contributed by atoms with Crippen LogP contribution in [0.15, 0.2) is 30.3 Å². The third-order valence-electron chi connectivity index (χ3n) is 6.86. The van der Waals surface area contributed by atoms with E-state index in [0.29, 0.717) is 17.1 Å². The first-order valence-electron chi connectivity index (χ1n) is 12.3. The van der Waals surface area contributed by atoms with Crippen molar-refractivity contribution in [1.29, 1.82) is 0 Å². The van der Waals surface area contributed by atoms with Crippen LogP contribution in [0.5, 0.6) is 17.2 Å². The number of piperazine rings is 1. The number of phenols is 2. The predicted octanol–water partition coefficient (Wildman–Crippen LogP) is 0.885. The molecule has 1 fully saturated rings. The van der Waals surface area contributed by atoms with E-state index in [0.717, 1.165) is 17.2 Å². The molecule has 2 atom stereocenters. The van der Waals surface area contributed by atoms with Gasteiger partial charge in [-0.15, -0.1) is 0 Å². The number of fused-ring (bicyclic) bond motifs is 1. The third-order valence-corrected chi connectivity index (χ3v) is 7.26. The molecule has 2 aliphatic rings. The molecule has 2 heterocycles. The molecule has 0 aliphatic carbocycles. The molecule has 0 aromatic heterocycles. The number of nitrogens with zero attached hydrogens (tertiary/aromatic N) is 2. The Kier molecular flexibility index (Phi) is 8.33. The summed E-state index contributed by atoms with van der Waals surface area (Å²) >= 11 is 6.23. The molecule has 6 N–H and O–H groups in total. The van der Waals surface area contributed by atoms with Crippen molar-refractivity contribution < 1.29 is 39.1 Å². The lowest BCUT2D eigenvalue weighted by molar-refractivity contribution is -0.153. The zero-order valence-electron chi connectivity index (χ0n) is 21.1. The number of benzene rings is 2. The van der Waals surface area contributed by atoms with Crippen LogP contribution in [0.25, 0.3) is 0 Å². The number of halogens is 1. The molecule has 2 aromatic rings. The van der Waals surface area contributed by atoms with Crippen LogP contribution in [-0.2, 0) is 20.8 Å². The molecule has 0 bridgehead atoms. The number of phenolic OH excluding ortho intramolecular Hbond substituents is 2. The van der Waals surface area contributed by atoms with E-state index in [1.165, 1.54) is 11.0 Å². The van der Waals surface area contributed by atoms with Gasteiger partial charge in [0.25, 0.3) is 0 Å². The second-order valence-electron chi connectivity index (χ2n) is 9.46. The van der Waals surface area contributed by atoms with Gasteiger partial charge in [-0.2, -0.15) is 0 Å². The molecule has 2 aliphatic heterocycles. The van der Waals surface area contributed by atoms with Crippen LogP contribution in [0.2, 0.25) is 10.8 Å². The summed E-state index contributed by atoms with van der Waals surface area (Å²) in [6, 6.07) is 5.33. The first-order valence-corrected chi connectivity index (χ1v) is 12.7. The van der Waals surface area contributed by atoms with Gasteiger partial charge in [0, 0.05) is 44.0 Å². The summed E-state index contributed by atoms with van der Waals surface area (Å²) in [5.74, 6) is -3.97. The highest BCUT2D eigenvalue weighted by Gasteiger charge is 2.41. The molecule has 12 nitrogen and oxygen atoms in total. The molecule has 39 heavy (non-hydrogen) atoms. The standard InChI is InChI=1S/C25H28BClN4O8/c1-13-3-2-4-14-11-15(26(38)39-22(13)14)12-18(33)20(16-5-6-17(32)21(34)19(16)27)29-25(37)31-10-9-30(8-7-28)23(35)24(31)36/h2-6,15,20,32,34,38H,7-12,28H2,1H3,(H,29,37)/t15-,20-/m1/s1. The summed E-state index contributed by atoms with van der Waals surface area (Å²) in [5.41, 5.74) is 7.06. The van der Waals surface area contributed by atoms with Crippen molar-refractivity contribution in [3.63, 3.8) is 0 Å². The number of nitrogens with two attached hydrogens (primary N) is 1. The van der Waals surface area contributed by atoms with Crippen LogP contribution in [0, 0.1) is 6.92 Å². The number of Topliss-reactive ketones (excluding diaryl/α,β-unsaturated/α-hetero) is 1. The Morgan fingerprint density at radius 1 is 1.21 bits per heavy atom. The van der Waals surface area contributed by atoms with Crippen molar-refractivity contribution in [2.45, 2.75) is 31.6 Å². The summed E-state index contributed by atoms with van der Waals surface area (Å²) in [7, 11) is -1.31. The molecule has 0 unspecified atom stereocenters. The number of carbonyl (C=O) groups excluding carboxylic acids is 4. The maximum atomic E-state index is 13.6. The van der Waals surface area contributed by atoms with Gasteiger partial charge in [0.05, 0.1) is 5.02 Å². The summed E-state index contributed by atoms with van der Waals surface area (Å²) < 4.78 is 5.67. The minimum absolute atomic E-state index is 0.0478. The minimum Gasteiger partial charge on any atom is -0.536 e. The SMILES string of the molecule is Cc1cccc2c1OB(O)[C@@H](CC(=O)[C@H](NC(=O)N1CCN(CCN)C(=O)C1=O)c1ccc(O)c(O)c1Cl)C2. The van der Waals surface area contributed by atoms with Crippen molar-refractivity contribution in [3.05, 3.63) is 52.0 Å². The van der Waals surface area contributed by atoms with Crippen LogP contribution in [-0.4, -0.2) is 82.0 Å². The molecule has 1 saturated heterocycles. The number of rotatable bonds is 7. The number of hydrogen-bond donors (Lipinski definition) is 5. The van der Waals surface area contributed by atoms with Crippen LogP contribution in [0.1, 0.15) is 29.2 Å². The van der Waals surface area contributed by atoms with E-state index < -0.39 is 54.1 Å². The Hall–Kier alpha value is -3.81. The van der Waals surface area contributed by atoms with Gasteiger partial charge in [-0.1, -0.05) is 35.9 Å². The zero-order valence-corrected chi connectivity index (χ0v) is 21.8. The van der Waals surface area contributed by atoms with E-state index >= 15 is 0 Å². The first-order chi connectivity index (χ1) is 18.5. The van der Waals surface area contributed by atoms with Gasteiger partial charge in [0.15, 0.2) is 17.3 Å². The highest BCUT2D eigenvalue weighted by atomic mass is 35.5. The van der Waals surface area contributed by atoms with E-state index in [1.807, 2.05) is 25.1 Å². The van der Waals surface area contributed by atoms with Gasteiger partial charge >= 0.3 is 25.0 Å². The Morgan fingerprint density at radius 2 is 1.95 bits per heavy atom. The van der Waals surface area contributed by atoms with E-state index in [1.54, 1.807) is 0 Å². The van der Waals surface area contributed by atoms with Crippen LogP contribution >= 0.6 is 11.6 Å². The molecule has 0 radical (unpaired) electrons. The largest absolute Gasteiger partial charge is 0.536 e. The maximum Gasteiger partial charge on any atom is 0.526 e. The Labute approximate surface area is 229 Å². The Bertz CT molecular complexity index is 1330. The molecule has 0 spiro atoms. The highest BCUT2D eigenvalue weighted by Crippen LogP contribution is 2.40. The summed E-state index contributed by atoms with van der Waals surface area (Å²) in [4.78, 5) is 53.7. The van der Waals surface area contributed by atoms with Gasteiger partial charge in [0.1, 0.15) is 11.8 Å². The highest BCUT2D eigenvalue weighted by molar-refractivity contribution is 6.47. The monoisotopic (exact) mass is 558 g/mol. The molecular formula is C25H28BClN4O8. The number of amides is 4. The third kappa shape index (κ3) is 5.65. The second-order valence-corrected chi connectivity index (χ2v) is 9.84. The average Bonchev–Trinajstić information content (AvgIpc) is 2.90. The van der Waals surface area contributed by atoms with Crippen LogP contribution in [0.4, 0.5) is 4.79 Å². The fourth-order valence-electron chi connectivity index (χ4n) is 4.76. The average molecular weight is 559 g/mol. The van der Waals surface area contributed by atoms with Gasteiger partial charge in [-0.3, -0.25) is 19.3 Å². The number of aromatic hydroxyl groups is 2. The molecule has 4 rings (SSSR count). The molecule has 206 valence electrons. The van der Waals surface area contributed by atoms with Crippen molar-refractivity contribution in [2.75, 3.05) is 26.2 Å². The van der Waals surface area contributed by atoms with E-state index in [2.05, 4.69) is 5.32 Å². The fourth-order valence-corrected chi connectivity index (χ4v) is 5.02. The number of nitrogens with one attached hydrogen (secondary N) is 1. The Morgan fingerprint density at radius 3 is 2.67 bits per heavy atom. The van der Waals surface area contributed by atoms with Crippen molar-refractivity contribution in [2.24, 2.45) is 5.73 Å². The lowest BCUT2D eigenvalue weighted by Gasteiger charge is -2.33. The molecule has 4 amide bonds. The Balaban J connectivity index is 1.59. The second kappa shape index (κ2) is 11.5. The quantitative estimate of drug-likeness (QED) is 0.187. The van der Waals surface area contributed by atoms with Crippen molar-refractivity contribution in [1.82, 2.24) is 15.1 Å². The van der Waals surface area contributed by atoms with E-state index in [-0.39, 0.29) is 43.2 Å². The van der Waals surface area contributed by atoms with Crippen LogP contribution in [0.3, 0.4) is 0 Å². The predicted molar refractivity (Wildman–Crippen MR) is 140 cm³/mol. The fraction of sp³-hybridized carbons (Fsp3) is 0.360. The summed E-state index contributed by atoms with van der Waals surface area (Å²) in [6.45, 7) is 2.07. The topological polar surface area (TPSA) is 183 Å². The van der Waals surface area contributed by atoms with E-state index in [4.69, 9.17) is 22.0 Å². The van der Waals surface area contributed by atoms with Crippen molar-refractivity contribution >= 4 is 42.3 Å². The lowest BCUT2D eigenvalue weighted by atomic mass is 9.64. The number of imide groups is 1. The summed E-state index contributed by atoms with van der Waals surface area (Å²) in [5, 5.41) is 32.7. The first kappa shape index (κ1) is 28.2. The molecule has 2 aromatic carbocycles. The van der Waals surface area contributed by atoms with Gasteiger partial charge in [-0.25, -0.2) is 4.79 Å². The summed E-state index contributed by atoms with van der Waals surface area (Å²) in [6.07, 6.45) is 0.0455. The van der Waals surface area contributed by atoms with Gasteiger partial charge < -0.3 is 35.8 Å². The number of ketones is 1. The normalized spacial score (nSPS) is 17.9. The lowest BCUT2D eigenvalue weighted by Crippen LogP contribution is -2.59. The van der Waals surface area contributed by atoms with Gasteiger partial charge in [-0.05, 0) is 30.5 Å².